The van der Waals surface area contributed by atoms with Crippen LogP contribution in [0, 0.1) is 11.7 Å². The number of nitrogens with zero attached hydrogens (tertiary/aromatic N) is 2. The van der Waals surface area contributed by atoms with Gasteiger partial charge < -0.3 is 4.90 Å². The van der Waals surface area contributed by atoms with Crippen molar-refractivity contribution in [1.82, 2.24) is 9.88 Å². The van der Waals surface area contributed by atoms with E-state index >= 15 is 0 Å². The molecule has 1 atom stereocenters. The Labute approximate surface area is 146 Å². The van der Waals surface area contributed by atoms with E-state index in [1.54, 1.807) is 17.3 Å². The summed E-state index contributed by atoms with van der Waals surface area (Å²) in [5, 5.41) is 0. The van der Waals surface area contributed by atoms with Crippen molar-refractivity contribution in [2.75, 3.05) is 13.1 Å². The van der Waals surface area contributed by atoms with Crippen molar-refractivity contribution in [3.8, 4) is 0 Å². The smallest absolute Gasteiger partial charge is 0.222 e. The van der Waals surface area contributed by atoms with E-state index in [-0.39, 0.29) is 23.4 Å². The molecule has 1 aromatic heterocycles. The number of ketones is 1. The fourth-order valence-corrected chi connectivity index (χ4v) is 3.23. The number of pyridine rings is 1. The maximum absolute atomic E-state index is 13.0. The van der Waals surface area contributed by atoms with E-state index in [9.17, 15) is 14.0 Å². The first kappa shape index (κ1) is 17.3. The lowest BCUT2D eigenvalue weighted by molar-refractivity contribution is -0.132. The Morgan fingerprint density at radius 2 is 1.84 bits per heavy atom. The molecule has 25 heavy (non-hydrogen) atoms. The van der Waals surface area contributed by atoms with E-state index in [0.29, 0.717) is 31.5 Å². The summed E-state index contributed by atoms with van der Waals surface area (Å²) < 4.78 is 13.0. The fourth-order valence-electron chi connectivity index (χ4n) is 3.23. The lowest BCUT2D eigenvalue weighted by Gasteiger charge is -2.32. The molecule has 1 aromatic carbocycles. The molecule has 3 rings (SSSR count). The molecular formula is C20H21FN2O2. The average molecular weight is 340 g/mol. The summed E-state index contributed by atoms with van der Waals surface area (Å²) in [6.07, 6.45) is 6.13. The minimum Gasteiger partial charge on any atom is -0.342 e. The van der Waals surface area contributed by atoms with Crippen molar-refractivity contribution in [3.63, 3.8) is 0 Å². The summed E-state index contributed by atoms with van der Waals surface area (Å²) in [5.74, 6) is -0.489. The van der Waals surface area contributed by atoms with E-state index in [1.807, 2.05) is 12.1 Å². The van der Waals surface area contributed by atoms with Crippen LogP contribution in [0.25, 0.3) is 0 Å². The maximum Gasteiger partial charge on any atom is 0.222 e. The van der Waals surface area contributed by atoms with Crippen LogP contribution in [0.1, 0.15) is 35.2 Å². The van der Waals surface area contributed by atoms with E-state index < -0.39 is 0 Å². The molecule has 1 saturated heterocycles. The van der Waals surface area contributed by atoms with Gasteiger partial charge in [0.05, 0.1) is 0 Å². The van der Waals surface area contributed by atoms with E-state index in [2.05, 4.69) is 4.98 Å². The SMILES string of the molecule is O=C(c1ccc(F)cc1)C1CCCN(C(=O)CCc2ccncc2)C1. The van der Waals surface area contributed by atoms with Gasteiger partial charge in [-0.15, -0.1) is 0 Å². The average Bonchev–Trinajstić information content (AvgIpc) is 2.67. The van der Waals surface area contributed by atoms with Gasteiger partial charge in [0.1, 0.15) is 5.82 Å². The van der Waals surface area contributed by atoms with Crippen molar-refractivity contribution in [1.29, 1.82) is 0 Å². The van der Waals surface area contributed by atoms with Gasteiger partial charge in [-0.1, -0.05) is 0 Å². The number of amides is 1. The zero-order chi connectivity index (χ0) is 17.6. The molecule has 0 saturated carbocycles. The topological polar surface area (TPSA) is 50.3 Å². The second kappa shape index (κ2) is 8.01. The molecule has 0 aliphatic carbocycles. The summed E-state index contributed by atoms with van der Waals surface area (Å²) in [6.45, 7) is 1.15. The minimum atomic E-state index is -0.354. The Balaban J connectivity index is 1.57. The molecule has 1 aliphatic heterocycles. The number of hydrogen-bond acceptors (Lipinski definition) is 3. The summed E-state index contributed by atoms with van der Waals surface area (Å²) in [6, 6.07) is 9.44. The first-order valence-corrected chi connectivity index (χ1v) is 8.60. The highest BCUT2D eigenvalue weighted by molar-refractivity contribution is 5.98. The lowest BCUT2D eigenvalue weighted by Crippen LogP contribution is -2.42. The van der Waals surface area contributed by atoms with Crippen molar-refractivity contribution in [2.24, 2.45) is 5.92 Å². The van der Waals surface area contributed by atoms with Crippen molar-refractivity contribution < 1.29 is 14.0 Å². The van der Waals surface area contributed by atoms with Crippen LogP contribution in [0.5, 0.6) is 0 Å². The number of carbonyl (C=O) groups is 2. The predicted octanol–water partition coefficient (Wildman–Crippen LogP) is 3.27. The van der Waals surface area contributed by atoms with Gasteiger partial charge in [0.25, 0.3) is 0 Å². The molecule has 2 aromatic rings. The van der Waals surface area contributed by atoms with Gasteiger partial charge in [-0.05, 0) is 61.2 Å². The summed E-state index contributed by atoms with van der Waals surface area (Å²) in [4.78, 5) is 30.8. The van der Waals surface area contributed by atoms with Gasteiger partial charge in [-0.25, -0.2) is 4.39 Å². The Kier molecular flexibility index (Phi) is 5.53. The molecule has 0 bridgehead atoms. The van der Waals surface area contributed by atoms with Crippen LogP contribution in [-0.4, -0.2) is 34.7 Å². The van der Waals surface area contributed by atoms with Crippen LogP contribution < -0.4 is 0 Å². The highest BCUT2D eigenvalue weighted by Gasteiger charge is 2.28. The zero-order valence-electron chi connectivity index (χ0n) is 14.0. The molecule has 2 heterocycles. The normalized spacial score (nSPS) is 17.3. The van der Waals surface area contributed by atoms with Crippen molar-refractivity contribution >= 4 is 11.7 Å². The Hall–Kier alpha value is -2.56. The highest BCUT2D eigenvalue weighted by atomic mass is 19.1. The number of aryl methyl sites for hydroxylation is 1. The first-order chi connectivity index (χ1) is 12.1. The van der Waals surface area contributed by atoms with E-state index in [4.69, 9.17) is 0 Å². The highest BCUT2D eigenvalue weighted by Crippen LogP contribution is 2.22. The van der Waals surface area contributed by atoms with E-state index in [0.717, 1.165) is 18.4 Å². The second-order valence-electron chi connectivity index (χ2n) is 6.41. The molecule has 1 amide bonds. The summed E-state index contributed by atoms with van der Waals surface area (Å²) in [5.41, 5.74) is 1.59. The maximum atomic E-state index is 13.0. The number of rotatable bonds is 5. The Bertz CT molecular complexity index is 731. The molecule has 5 heteroatoms. The van der Waals surface area contributed by atoms with Crippen molar-refractivity contribution in [2.45, 2.75) is 25.7 Å². The number of carbonyl (C=O) groups excluding carboxylic acids is 2. The fraction of sp³-hybridized carbons (Fsp3) is 0.350. The Morgan fingerprint density at radius 1 is 1.12 bits per heavy atom. The van der Waals surface area contributed by atoms with Crippen LogP contribution in [0.4, 0.5) is 4.39 Å². The number of aromatic nitrogens is 1. The van der Waals surface area contributed by atoms with Crippen LogP contribution in [-0.2, 0) is 11.2 Å². The monoisotopic (exact) mass is 340 g/mol. The number of Topliss-reactive ketones (excluding diaryl/α,β-unsaturated/α-hetero) is 1. The van der Waals surface area contributed by atoms with Crippen LogP contribution in [0.15, 0.2) is 48.8 Å². The van der Waals surface area contributed by atoms with Crippen LogP contribution >= 0.6 is 0 Å². The molecule has 0 spiro atoms. The van der Waals surface area contributed by atoms with Crippen molar-refractivity contribution in [3.05, 3.63) is 65.7 Å². The number of piperidine rings is 1. The Morgan fingerprint density at radius 3 is 2.56 bits per heavy atom. The number of hydrogen-bond donors (Lipinski definition) is 0. The molecular weight excluding hydrogens is 319 g/mol. The van der Waals surface area contributed by atoms with Gasteiger partial charge in [0, 0.05) is 43.4 Å². The number of benzene rings is 1. The summed E-state index contributed by atoms with van der Waals surface area (Å²) in [7, 11) is 0. The molecule has 130 valence electrons. The third-order valence-corrected chi connectivity index (χ3v) is 4.65. The first-order valence-electron chi connectivity index (χ1n) is 8.60. The number of likely N-dealkylation sites (tertiary alicyclic amines) is 1. The third kappa shape index (κ3) is 4.50. The molecule has 1 fully saturated rings. The van der Waals surface area contributed by atoms with Gasteiger partial charge in [0.2, 0.25) is 5.91 Å². The predicted molar refractivity (Wildman–Crippen MR) is 92.6 cm³/mol. The zero-order valence-corrected chi connectivity index (χ0v) is 14.0. The quantitative estimate of drug-likeness (QED) is 0.785. The minimum absolute atomic E-state index is 0.00775. The standard InChI is InChI=1S/C20H21FN2O2/c21-18-6-4-16(5-7-18)20(25)17-2-1-13-23(14-17)19(24)8-3-15-9-11-22-12-10-15/h4-7,9-12,17H,1-3,8,13-14H2. The molecule has 4 nitrogen and oxygen atoms in total. The molecule has 0 radical (unpaired) electrons. The van der Waals surface area contributed by atoms with Crippen LogP contribution in [0.2, 0.25) is 0 Å². The summed E-state index contributed by atoms with van der Waals surface area (Å²) >= 11 is 0. The number of halogens is 1. The molecule has 0 N–H and O–H groups in total. The van der Waals surface area contributed by atoms with Gasteiger partial charge in [-0.3, -0.25) is 14.6 Å². The van der Waals surface area contributed by atoms with Gasteiger partial charge >= 0.3 is 0 Å². The molecule has 1 aliphatic rings. The van der Waals surface area contributed by atoms with Gasteiger partial charge in [0.15, 0.2) is 5.78 Å². The second-order valence-corrected chi connectivity index (χ2v) is 6.41. The van der Waals surface area contributed by atoms with E-state index in [1.165, 1.54) is 24.3 Å². The third-order valence-electron chi connectivity index (χ3n) is 4.65. The molecule has 1 unspecified atom stereocenters. The lowest BCUT2D eigenvalue weighted by atomic mass is 9.89. The van der Waals surface area contributed by atoms with Crippen LogP contribution in [0.3, 0.4) is 0 Å². The largest absolute Gasteiger partial charge is 0.342 e. The van der Waals surface area contributed by atoms with Gasteiger partial charge in [-0.2, -0.15) is 0 Å².